The normalized spacial score (nSPS) is 16.1. The second-order valence-corrected chi connectivity index (χ2v) is 4.29. The molecular formula is C12H16ClNO. The molecule has 15 heavy (non-hydrogen) atoms. The number of nitrogens with one attached hydrogen (secondary N) is 1. The summed E-state index contributed by atoms with van der Waals surface area (Å²) < 4.78 is 0. The van der Waals surface area contributed by atoms with Gasteiger partial charge in [-0.2, -0.15) is 0 Å². The third kappa shape index (κ3) is 2.44. The maximum atomic E-state index is 9.37. The average molecular weight is 226 g/mol. The van der Waals surface area contributed by atoms with Gasteiger partial charge in [-0.15, -0.1) is 11.6 Å². The minimum Gasteiger partial charge on any atom is -0.390 e. The Balaban J connectivity index is 2.06. The Kier molecular flexibility index (Phi) is 3.49. The number of aliphatic hydroxyl groups is 1. The van der Waals surface area contributed by atoms with Gasteiger partial charge in [-0.3, -0.25) is 0 Å². The molecule has 0 bridgehead atoms. The molecule has 1 unspecified atom stereocenters. The molecule has 0 radical (unpaired) electrons. The van der Waals surface area contributed by atoms with Crippen molar-refractivity contribution < 1.29 is 5.11 Å². The monoisotopic (exact) mass is 225 g/mol. The largest absolute Gasteiger partial charge is 0.390 e. The highest BCUT2D eigenvalue weighted by Crippen LogP contribution is 2.28. The van der Waals surface area contributed by atoms with Gasteiger partial charge in [0, 0.05) is 12.2 Å². The van der Waals surface area contributed by atoms with Gasteiger partial charge >= 0.3 is 0 Å². The number of rotatable bonds is 4. The van der Waals surface area contributed by atoms with E-state index in [2.05, 4.69) is 23.5 Å². The zero-order valence-corrected chi connectivity index (χ0v) is 9.43. The molecule has 0 spiro atoms. The molecule has 3 heteroatoms. The third-order valence-corrected chi connectivity index (χ3v) is 3.21. The molecule has 1 aromatic rings. The molecule has 0 aromatic heterocycles. The summed E-state index contributed by atoms with van der Waals surface area (Å²) in [5.41, 5.74) is 4.02. The van der Waals surface area contributed by atoms with Crippen molar-refractivity contribution in [2.75, 3.05) is 17.7 Å². The first-order valence-corrected chi connectivity index (χ1v) is 5.93. The number of anilines is 1. The van der Waals surface area contributed by atoms with E-state index < -0.39 is 6.10 Å². The molecule has 0 amide bonds. The summed E-state index contributed by atoms with van der Waals surface area (Å²) in [5, 5.41) is 12.6. The summed E-state index contributed by atoms with van der Waals surface area (Å²) in [4.78, 5) is 0. The standard InChI is InChI=1S/C12H16ClNO/c13-7-10(15)8-14-12-6-2-4-9-3-1-5-11(9)12/h2,4,6,10,14-15H,1,3,5,7-8H2. The number of fused-ring (bicyclic) bond motifs is 1. The fourth-order valence-corrected chi connectivity index (χ4v) is 2.18. The highest BCUT2D eigenvalue weighted by Gasteiger charge is 2.14. The van der Waals surface area contributed by atoms with Crippen molar-refractivity contribution in [3.8, 4) is 0 Å². The lowest BCUT2D eigenvalue weighted by molar-refractivity contribution is 0.211. The maximum Gasteiger partial charge on any atom is 0.0847 e. The highest BCUT2D eigenvalue weighted by atomic mass is 35.5. The number of hydrogen-bond acceptors (Lipinski definition) is 2. The molecule has 2 N–H and O–H groups in total. The van der Waals surface area contributed by atoms with Crippen molar-refractivity contribution in [3.63, 3.8) is 0 Å². The molecule has 1 aliphatic rings. The van der Waals surface area contributed by atoms with Crippen LogP contribution in [0.4, 0.5) is 5.69 Å². The summed E-state index contributed by atoms with van der Waals surface area (Å²) in [6.07, 6.45) is 3.11. The van der Waals surface area contributed by atoms with Gasteiger partial charge in [0.25, 0.3) is 0 Å². The van der Waals surface area contributed by atoms with Crippen molar-refractivity contribution in [2.45, 2.75) is 25.4 Å². The van der Waals surface area contributed by atoms with Crippen LogP contribution in [0.2, 0.25) is 0 Å². The van der Waals surface area contributed by atoms with Crippen LogP contribution in [0.15, 0.2) is 18.2 Å². The summed E-state index contributed by atoms with van der Waals surface area (Å²) in [6.45, 7) is 0.528. The highest BCUT2D eigenvalue weighted by molar-refractivity contribution is 6.18. The molecule has 82 valence electrons. The SMILES string of the molecule is OC(CCl)CNc1cccc2c1CCC2. The van der Waals surface area contributed by atoms with Gasteiger partial charge in [0.15, 0.2) is 0 Å². The number of alkyl halides is 1. The van der Waals surface area contributed by atoms with Gasteiger partial charge in [0.05, 0.1) is 12.0 Å². The predicted octanol–water partition coefficient (Wildman–Crippen LogP) is 2.19. The van der Waals surface area contributed by atoms with E-state index in [9.17, 15) is 5.11 Å². The number of aliphatic hydroxyl groups excluding tert-OH is 1. The minimum absolute atomic E-state index is 0.280. The van der Waals surface area contributed by atoms with Crippen LogP contribution < -0.4 is 5.32 Å². The van der Waals surface area contributed by atoms with Gasteiger partial charge in [0.1, 0.15) is 0 Å². The van der Waals surface area contributed by atoms with Crippen LogP contribution in [-0.4, -0.2) is 23.6 Å². The van der Waals surface area contributed by atoms with Crippen LogP contribution in [-0.2, 0) is 12.8 Å². The van der Waals surface area contributed by atoms with Gasteiger partial charge < -0.3 is 10.4 Å². The smallest absolute Gasteiger partial charge is 0.0847 e. The average Bonchev–Trinajstić information content (AvgIpc) is 2.74. The zero-order chi connectivity index (χ0) is 10.7. The lowest BCUT2D eigenvalue weighted by Gasteiger charge is -2.13. The van der Waals surface area contributed by atoms with Crippen LogP contribution in [0.3, 0.4) is 0 Å². The lowest BCUT2D eigenvalue weighted by atomic mass is 10.1. The van der Waals surface area contributed by atoms with Gasteiger partial charge in [-0.1, -0.05) is 12.1 Å². The van der Waals surface area contributed by atoms with E-state index in [4.69, 9.17) is 11.6 Å². The number of aryl methyl sites for hydroxylation is 1. The lowest BCUT2D eigenvalue weighted by Crippen LogP contribution is -2.21. The molecule has 2 rings (SSSR count). The predicted molar refractivity (Wildman–Crippen MR) is 63.7 cm³/mol. The minimum atomic E-state index is -0.469. The van der Waals surface area contributed by atoms with E-state index in [0.717, 1.165) is 12.1 Å². The van der Waals surface area contributed by atoms with Crippen molar-refractivity contribution in [1.29, 1.82) is 0 Å². The Bertz CT molecular complexity index is 340. The van der Waals surface area contributed by atoms with E-state index in [1.807, 2.05) is 0 Å². The summed E-state index contributed by atoms with van der Waals surface area (Å²) in [7, 11) is 0. The van der Waals surface area contributed by atoms with Crippen LogP contribution in [0.5, 0.6) is 0 Å². The van der Waals surface area contributed by atoms with Crippen LogP contribution >= 0.6 is 11.6 Å². The fourth-order valence-electron chi connectivity index (χ4n) is 2.07. The Morgan fingerprint density at radius 2 is 2.27 bits per heavy atom. The van der Waals surface area contributed by atoms with Crippen molar-refractivity contribution in [2.24, 2.45) is 0 Å². The van der Waals surface area contributed by atoms with E-state index in [1.54, 1.807) is 0 Å². The first-order chi connectivity index (χ1) is 7.31. The molecule has 1 aromatic carbocycles. The maximum absolute atomic E-state index is 9.37. The zero-order valence-electron chi connectivity index (χ0n) is 8.67. The van der Waals surface area contributed by atoms with Gasteiger partial charge in [-0.05, 0) is 36.5 Å². The second kappa shape index (κ2) is 4.86. The third-order valence-electron chi connectivity index (χ3n) is 2.85. The molecule has 0 saturated carbocycles. The fraction of sp³-hybridized carbons (Fsp3) is 0.500. The number of halogens is 1. The van der Waals surface area contributed by atoms with E-state index in [0.29, 0.717) is 6.54 Å². The van der Waals surface area contributed by atoms with Gasteiger partial charge in [-0.25, -0.2) is 0 Å². The van der Waals surface area contributed by atoms with E-state index >= 15 is 0 Å². The molecule has 0 saturated heterocycles. The first kappa shape index (κ1) is 10.8. The van der Waals surface area contributed by atoms with Crippen molar-refractivity contribution >= 4 is 17.3 Å². The Labute approximate surface area is 95.3 Å². The molecule has 1 atom stereocenters. The molecule has 2 nitrogen and oxygen atoms in total. The summed E-state index contributed by atoms with van der Waals surface area (Å²) >= 11 is 5.55. The van der Waals surface area contributed by atoms with Gasteiger partial charge in [0.2, 0.25) is 0 Å². The molecular weight excluding hydrogens is 210 g/mol. The molecule has 0 aliphatic heterocycles. The van der Waals surface area contributed by atoms with Crippen LogP contribution in [0, 0.1) is 0 Å². The van der Waals surface area contributed by atoms with Crippen molar-refractivity contribution in [3.05, 3.63) is 29.3 Å². The van der Waals surface area contributed by atoms with E-state index in [-0.39, 0.29) is 5.88 Å². The Hall–Kier alpha value is -0.730. The quantitative estimate of drug-likeness (QED) is 0.770. The molecule has 0 fully saturated rings. The second-order valence-electron chi connectivity index (χ2n) is 3.99. The van der Waals surface area contributed by atoms with Crippen LogP contribution in [0.1, 0.15) is 17.5 Å². The topological polar surface area (TPSA) is 32.3 Å². The first-order valence-electron chi connectivity index (χ1n) is 5.40. The Morgan fingerprint density at radius 1 is 1.40 bits per heavy atom. The number of hydrogen-bond donors (Lipinski definition) is 2. The Morgan fingerprint density at radius 3 is 3.07 bits per heavy atom. The van der Waals surface area contributed by atoms with Crippen LogP contribution in [0.25, 0.3) is 0 Å². The molecule has 1 aliphatic carbocycles. The summed E-state index contributed by atoms with van der Waals surface area (Å²) in [6, 6.07) is 6.33. The molecule has 0 heterocycles. The van der Waals surface area contributed by atoms with E-state index in [1.165, 1.54) is 24.0 Å². The number of benzene rings is 1. The van der Waals surface area contributed by atoms with Crippen molar-refractivity contribution in [1.82, 2.24) is 0 Å². The summed E-state index contributed by atoms with van der Waals surface area (Å²) in [5.74, 6) is 0.280.